The normalized spacial score (nSPS) is 12.9. The van der Waals surface area contributed by atoms with Crippen molar-refractivity contribution >= 4 is 10.0 Å². The van der Waals surface area contributed by atoms with Crippen molar-refractivity contribution in [3.8, 4) is 0 Å². The maximum Gasteiger partial charge on any atom is 0.247 e. The van der Waals surface area contributed by atoms with E-state index in [0.717, 1.165) is 6.54 Å². The molecule has 0 bridgehead atoms. The summed E-state index contributed by atoms with van der Waals surface area (Å²) in [6, 6.07) is 1.61. The lowest BCUT2D eigenvalue weighted by atomic mass is 10.1. The van der Waals surface area contributed by atoms with Crippen molar-refractivity contribution in [3.05, 3.63) is 30.2 Å². The summed E-state index contributed by atoms with van der Waals surface area (Å²) >= 11 is 0. The topological polar surface area (TPSA) is 62.6 Å². The third-order valence-corrected chi connectivity index (χ3v) is 5.32. The van der Waals surface area contributed by atoms with Gasteiger partial charge >= 0.3 is 0 Å². The molecule has 0 fully saturated rings. The highest BCUT2D eigenvalue weighted by atomic mass is 32.2. The van der Waals surface area contributed by atoms with E-state index in [0.29, 0.717) is 18.1 Å². The monoisotopic (exact) mass is 314 g/mol. The number of rotatable bonds is 7. The number of hydrogen-bond donors (Lipinski definition) is 1. The van der Waals surface area contributed by atoms with E-state index in [1.165, 1.54) is 4.31 Å². The van der Waals surface area contributed by atoms with Gasteiger partial charge in [-0.05, 0) is 34.2 Å². The van der Waals surface area contributed by atoms with E-state index in [2.05, 4.69) is 11.9 Å². The summed E-state index contributed by atoms with van der Waals surface area (Å²) in [5.74, 6) is 1.04. The summed E-state index contributed by atoms with van der Waals surface area (Å²) in [5.41, 5.74) is -0.529. The molecule has 0 aliphatic carbocycles. The van der Waals surface area contributed by atoms with E-state index in [-0.39, 0.29) is 11.4 Å². The lowest BCUT2D eigenvalue weighted by molar-refractivity contribution is 0.269. The van der Waals surface area contributed by atoms with Crippen LogP contribution >= 0.6 is 0 Å². The Balaban J connectivity index is 3.22. The Labute approximate surface area is 128 Å². The molecule has 0 aromatic carbocycles. The molecule has 1 rings (SSSR count). The maximum absolute atomic E-state index is 12.9. The quantitative estimate of drug-likeness (QED) is 0.786. The molecule has 1 aromatic heterocycles. The van der Waals surface area contributed by atoms with Gasteiger partial charge in [-0.1, -0.05) is 13.0 Å². The van der Waals surface area contributed by atoms with Gasteiger partial charge in [0.1, 0.15) is 16.4 Å². The molecule has 120 valence electrons. The summed E-state index contributed by atoms with van der Waals surface area (Å²) in [7, 11) is -3.62. The lowest BCUT2D eigenvalue weighted by Crippen LogP contribution is -2.45. The van der Waals surface area contributed by atoms with Crippen LogP contribution in [-0.4, -0.2) is 31.4 Å². The van der Waals surface area contributed by atoms with E-state index in [4.69, 9.17) is 4.42 Å². The molecule has 0 atom stereocenters. The van der Waals surface area contributed by atoms with Crippen LogP contribution in [0.25, 0.3) is 0 Å². The number of aryl methyl sites for hydroxylation is 1. The first-order chi connectivity index (χ1) is 9.64. The second-order valence-electron chi connectivity index (χ2n) is 5.91. The van der Waals surface area contributed by atoms with Gasteiger partial charge in [-0.3, -0.25) is 0 Å². The van der Waals surface area contributed by atoms with Gasteiger partial charge < -0.3 is 9.73 Å². The fraction of sp³-hybridized carbons (Fsp3) is 0.600. The molecule has 5 nitrogen and oxygen atoms in total. The van der Waals surface area contributed by atoms with Gasteiger partial charge in [0, 0.05) is 18.2 Å². The number of sulfonamides is 1. The van der Waals surface area contributed by atoms with E-state index in [1.54, 1.807) is 19.1 Å². The standard InChI is InChI=1S/C15H26N2O3S/c1-7-9-17(15(4,5)6)21(18,19)14-10-13(11-16-8-2)20-12(14)3/h7,10,16H,1,8-9,11H2,2-6H3. The second kappa shape index (κ2) is 6.77. The number of furan rings is 1. The fourth-order valence-corrected chi connectivity index (χ4v) is 4.03. The van der Waals surface area contributed by atoms with Crippen molar-refractivity contribution in [1.29, 1.82) is 0 Å². The number of hydrogen-bond acceptors (Lipinski definition) is 4. The summed E-state index contributed by atoms with van der Waals surface area (Å²) in [6.07, 6.45) is 1.60. The lowest BCUT2D eigenvalue weighted by Gasteiger charge is -2.33. The van der Waals surface area contributed by atoms with Crippen LogP contribution in [0.2, 0.25) is 0 Å². The zero-order chi connectivity index (χ0) is 16.3. The average molecular weight is 314 g/mol. The first kappa shape index (κ1) is 17.9. The molecule has 1 heterocycles. The molecule has 6 heteroatoms. The van der Waals surface area contributed by atoms with Crippen LogP contribution in [0.4, 0.5) is 0 Å². The molecule has 0 aliphatic rings. The van der Waals surface area contributed by atoms with Crippen molar-refractivity contribution in [3.63, 3.8) is 0 Å². The average Bonchev–Trinajstić information content (AvgIpc) is 2.74. The molecule has 0 saturated heterocycles. The van der Waals surface area contributed by atoms with E-state index >= 15 is 0 Å². The van der Waals surface area contributed by atoms with Gasteiger partial charge in [0.25, 0.3) is 0 Å². The Morgan fingerprint density at radius 3 is 2.52 bits per heavy atom. The van der Waals surface area contributed by atoms with Crippen molar-refractivity contribution < 1.29 is 12.8 Å². The Kier molecular flexibility index (Phi) is 5.78. The molecule has 0 amide bonds. The summed E-state index contributed by atoms with van der Waals surface area (Å²) in [5, 5.41) is 3.12. The zero-order valence-corrected chi connectivity index (χ0v) is 14.4. The minimum Gasteiger partial charge on any atom is -0.464 e. The predicted molar refractivity (Wildman–Crippen MR) is 84.7 cm³/mol. The third kappa shape index (κ3) is 4.18. The Morgan fingerprint density at radius 2 is 2.05 bits per heavy atom. The van der Waals surface area contributed by atoms with Crippen LogP contribution in [0.3, 0.4) is 0 Å². The fourth-order valence-electron chi connectivity index (χ4n) is 2.08. The Hall–Kier alpha value is -1.11. The largest absolute Gasteiger partial charge is 0.464 e. The molecule has 0 unspecified atom stereocenters. The molecular formula is C15H26N2O3S. The molecule has 0 aliphatic heterocycles. The van der Waals surface area contributed by atoms with Crippen molar-refractivity contribution in [2.24, 2.45) is 0 Å². The minimum absolute atomic E-state index is 0.229. The number of nitrogens with one attached hydrogen (secondary N) is 1. The number of nitrogens with zero attached hydrogens (tertiary/aromatic N) is 1. The molecular weight excluding hydrogens is 288 g/mol. The Bertz CT molecular complexity index is 583. The molecule has 0 radical (unpaired) electrons. The first-order valence-corrected chi connectivity index (χ1v) is 8.52. The van der Waals surface area contributed by atoms with Crippen LogP contribution in [0.15, 0.2) is 28.0 Å². The van der Waals surface area contributed by atoms with Crippen LogP contribution in [0.5, 0.6) is 0 Å². The van der Waals surface area contributed by atoms with Crippen molar-refractivity contribution in [2.75, 3.05) is 13.1 Å². The van der Waals surface area contributed by atoms with Gasteiger partial charge in [-0.25, -0.2) is 8.42 Å². The molecule has 21 heavy (non-hydrogen) atoms. The van der Waals surface area contributed by atoms with Crippen LogP contribution < -0.4 is 5.32 Å². The van der Waals surface area contributed by atoms with Gasteiger partial charge in [0.15, 0.2) is 0 Å². The van der Waals surface area contributed by atoms with E-state index < -0.39 is 15.6 Å². The van der Waals surface area contributed by atoms with Gasteiger partial charge in [0.05, 0.1) is 6.54 Å². The predicted octanol–water partition coefficient (Wildman–Crippen LogP) is 2.67. The molecule has 0 saturated carbocycles. The smallest absolute Gasteiger partial charge is 0.247 e. The highest BCUT2D eigenvalue weighted by Crippen LogP contribution is 2.28. The highest BCUT2D eigenvalue weighted by Gasteiger charge is 2.35. The Morgan fingerprint density at radius 1 is 1.43 bits per heavy atom. The van der Waals surface area contributed by atoms with Crippen LogP contribution in [0, 0.1) is 6.92 Å². The van der Waals surface area contributed by atoms with Gasteiger partial charge in [0.2, 0.25) is 10.0 Å². The molecule has 0 spiro atoms. The van der Waals surface area contributed by atoms with Crippen molar-refractivity contribution in [2.45, 2.75) is 51.6 Å². The molecule has 1 N–H and O–H groups in total. The van der Waals surface area contributed by atoms with Crippen LogP contribution in [0.1, 0.15) is 39.2 Å². The summed E-state index contributed by atoms with van der Waals surface area (Å²) in [4.78, 5) is 0.229. The summed E-state index contributed by atoms with van der Waals surface area (Å²) in [6.45, 7) is 14.5. The highest BCUT2D eigenvalue weighted by molar-refractivity contribution is 7.89. The minimum atomic E-state index is -3.62. The SMILES string of the molecule is C=CCN(C(C)(C)C)S(=O)(=O)c1cc(CNCC)oc1C. The first-order valence-electron chi connectivity index (χ1n) is 7.08. The maximum atomic E-state index is 12.9. The van der Waals surface area contributed by atoms with Gasteiger partial charge in [-0.2, -0.15) is 4.31 Å². The zero-order valence-electron chi connectivity index (χ0n) is 13.6. The van der Waals surface area contributed by atoms with Crippen molar-refractivity contribution in [1.82, 2.24) is 9.62 Å². The van der Waals surface area contributed by atoms with E-state index in [1.807, 2.05) is 27.7 Å². The summed E-state index contributed by atoms with van der Waals surface area (Å²) < 4.78 is 32.7. The third-order valence-electron chi connectivity index (χ3n) is 3.08. The van der Waals surface area contributed by atoms with Gasteiger partial charge in [-0.15, -0.1) is 6.58 Å². The van der Waals surface area contributed by atoms with E-state index in [9.17, 15) is 8.42 Å². The van der Waals surface area contributed by atoms with Crippen LogP contribution in [-0.2, 0) is 16.6 Å². The molecule has 1 aromatic rings. The second-order valence-corrected chi connectivity index (χ2v) is 7.74.